The summed E-state index contributed by atoms with van der Waals surface area (Å²) in [6, 6.07) is 1.34. The molecule has 1 aromatic carbocycles. The predicted octanol–water partition coefficient (Wildman–Crippen LogP) is 3.22. The quantitative estimate of drug-likeness (QED) is 0.417. The van der Waals surface area contributed by atoms with Crippen molar-refractivity contribution >= 4 is 30.3 Å². The molecule has 3 aromatic rings. The van der Waals surface area contributed by atoms with Crippen molar-refractivity contribution in [2.24, 2.45) is 5.73 Å². The van der Waals surface area contributed by atoms with Gasteiger partial charge in [0.05, 0.1) is 5.56 Å². The Hall–Kier alpha value is -3.49. The largest absolute Gasteiger partial charge is 0.370 e. The van der Waals surface area contributed by atoms with Crippen LogP contribution in [0.2, 0.25) is 0 Å². The van der Waals surface area contributed by atoms with Crippen LogP contribution < -0.4 is 15.5 Å². The molecule has 3 saturated heterocycles. The lowest BCUT2D eigenvalue weighted by Gasteiger charge is -2.35. The Bertz CT molecular complexity index is 1400. The lowest BCUT2D eigenvalue weighted by Crippen LogP contribution is -2.45. The van der Waals surface area contributed by atoms with Crippen molar-refractivity contribution in [2.75, 3.05) is 49.6 Å². The van der Waals surface area contributed by atoms with Gasteiger partial charge in [-0.2, -0.15) is 4.98 Å². The summed E-state index contributed by atoms with van der Waals surface area (Å²) in [5.74, 6) is -3.08. The van der Waals surface area contributed by atoms with Crippen LogP contribution in [0.3, 0.4) is 0 Å². The molecule has 15 heteroatoms. The second-order valence-corrected chi connectivity index (χ2v) is 10.8. The standard InChI is InChI=1S/C27H31F3N8O3.ClH/c1-36(16-4-6-37(7-5-16)27-34-24(35-41-27)23-3-2-8-40-23)25(39)15-11-32-26(33-12-15)38-13-18(22(31)14-38)17-9-20(29)21(30)10-19(17)28;/h9-12,16,18,22-23H,2-8,13-14,31H2,1H3;1H/t18-,22+,23+;/m1./s1. The van der Waals surface area contributed by atoms with E-state index in [0.717, 1.165) is 31.7 Å². The first-order valence-electron chi connectivity index (χ1n) is 13.7. The van der Waals surface area contributed by atoms with Crippen LogP contribution in [-0.4, -0.2) is 82.8 Å². The lowest BCUT2D eigenvalue weighted by molar-refractivity contribution is 0.0707. The molecule has 5 heterocycles. The fourth-order valence-electron chi connectivity index (χ4n) is 5.82. The maximum absolute atomic E-state index is 14.4. The molecule has 226 valence electrons. The van der Waals surface area contributed by atoms with Gasteiger partial charge >= 0.3 is 6.01 Å². The Morgan fingerprint density at radius 3 is 2.43 bits per heavy atom. The Kier molecular flexibility index (Phi) is 8.85. The summed E-state index contributed by atoms with van der Waals surface area (Å²) < 4.78 is 52.6. The number of nitrogens with two attached hydrogens (primary N) is 1. The molecule has 3 aliphatic rings. The number of piperidine rings is 1. The number of carbonyl (C=O) groups excluding carboxylic acids is 1. The highest BCUT2D eigenvalue weighted by Gasteiger charge is 2.35. The summed E-state index contributed by atoms with van der Waals surface area (Å²) in [5.41, 5.74) is 6.56. The highest BCUT2D eigenvalue weighted by molar-refractivity contribution is 5.93. The molecule has 0 aliphatic carbocycles. The number of rotatable bonds is 6. The SMILES string of the molecule is CN(C(=O)c1cnc(N2C[C@H](c3cc(F)c(F)cc3F)[C@@H](N)C2)nc1)C1CCN(c2nc([C@@H]3CCCO3)no2)CC1.Cl. The molecule has 0 spiro atoms. The van der Waals surface area contributed by atoms with Gasteiger partial charge in [0.2, 0.25) is 11.8 Å². The Labute approximate surface area is 246 Å². The first kappa shape index (κ1) is 30.0. The van der Waals surface area contributed by atoms with E-state index < -0.39 is 29.4 Å². The van der Waals surface area contributed by atoms with Gasteiger partial charge < -0.3 is 29.7 Å². The van der Waals surface area contributed by atoms with Crippen molar-refractivity contribution in [1.82, 2.24) is 25.0 Å². The van der Waals surface area contributed by atoms with Crippen LogP contribution in [0, 0.1) is 17.5 Å². The van der Waals surface area contributed by atoms with E-state index >= 15 is 0 Å². The highest BCUT2D eigenvalue weighted by atomic mass is 35.5. The Morgan fingerprint density at radius 1 is 1.02 bits per heavy atom. The number of carbonyl (C=O) groups is 1. The summed E-state index contributed by atoms with van der Waals surface area (Å²) in [7, 11) is 1.76. The molecule has 11 nitrogen and oxygen atoms in total. The molecule has 0 unspecified atom stereocenters. The van der Waals surface area contributed by atoms with Crippen LogP contribution >= 0.6 is 12.4 Å². The summed E-state index contributed by atoms with van der Waals surface area (Å²) in [6.07, 6.45) is 6.15. The van der Waals surface area contributed by atoms with Gasteiger partial charge in [0.15, 0.2) is 11.6 Å². The maximum atomic E-state index is 14.4. The number of aromatic nitrogens is 4. The van der Waals surface area contributed by atoms with Crippen molar-refractivity contribution < 1.29 is 27.2 Å². The fourth-order valence-corrected chi connectivity index (χ4v) is 5.82. The van der Waals surface area contributed by atoms with Crippen molar-refractivity contribution in [3.8, 4) is 0 Å². The van der Waals surface area contributed by atoms with Crippen LogP contribution in [0.1, 0.15) is 59.5 Å². The first-order chi connectivity index (χ1) is 19.8. The van der Waals surface area contributed by atoms with Crippen molar-refractivity contribution in [1.29, 1.82) is 0 Å². The first-order valence-corrected chi connectivity index (χ1v) is 13.7. The van der Waals surface area contributed by atoms with Crippen LogP contribution in [0.5, 0.6) is 0 Å². The van der Waals surface area contributed by atoms with Gasteiger partial charge in [-0.3, -0.25) is 4.79 Å². The number of hydrogen-bond donors (Lipinski definition) is 1. The molecular formula is C27H32ClF3N8O3. The second-order valence-electron chi connectivity index (χ2n) is 10.8. The third-order valence-corrected chi connectivity index (χ3v) is 8.22. The minimum atomic E-state index is -1.25. The van der Waals surface area contributed by atoms with Crippen LogP contribution in [0.4, 0.5) is 25.1 Å². The average Bonchev–Trinajstić information content (AvgIpc) is 3.76. The van der Waals surface area contributed by atoms with Crippen LogP contribution in [-0.2, 0) is 4.74 Å². The number of benzene rings is 1. The number of nitrogens with zero attached hydrogens (tertiary/aromatic N) is 7. The molecule has 3 aliphatic heterocycles. The van der Waals surface area contributed by atoms with Gasteiger partial charge in [-0.15, -0.1) is 12.4 Å². The molecule has 3 fully saturated rings. The van der Waals surface area contributed by atoms with E-state index in [2.05, 4.69) is 20.1 Å². The molecule has 2 aromatic heterocycles. The molecule has 1 amide bonds. The molecular weight excluding hydrogens is 577 g/mol. The normalized spacial score (nSPS) is 22.8. The number of amides is 1. The predicted molar refractivity (Wildman–Crippen MR) is 148 cm³/mol. The summed E-state index contributed by atoms with van der Waals surface area (Å²) in [5, 5.41) is 4.08. The zero-order chi connectivity index (χ0) is 28.7. The maximum Gasteiger partial charge on any atom is 0.324 e. The fraction of sp³-hybridized carbons (Fsp3) is 0.519. The zero-order valence-electron chi connectivity index (χ0n) is 23.0. The van der Waals surface area contributed by atoms with E-state index in [1.807, 2.05) is 4.90 Å². The summed E-state index contributed by atoms with van der Waals surface area (Å²) in [6.45, 7) is 2.57. The van der Waals surface area contributed by atoms with E-state index in [-0.39, 0.29) is 42.6 Å². The van der Waals surface area contributed by atoms with Gasteiger partial charge in [0, 0.05) is 76.3 Å². The summed E-state index contributed by atoms with van der Waals surface area (Å²) in [4.78, 5) is 31.9. The lowest BCUT2D eigenvalue weighted by atomic mass is 9.94. The van der Waals surface area contributed by atoms with Gasteiger partial charge in [0.1, 0.15) is 11.9 Å². The number of ether oxygens (including phenoxy) is 1. The number of hydrogen-bond acceptors (Lipinski definition) is 10. The van der Waals surface area contributed by atoms with Crippen molar-refractivity contribution in [3.05, 3.63) is 58.9 Å². The molecule has 0 saturated carbocycles. The van der Waals surface area contributed by atoms with Gasteiger partial charge in [-0.1, -0.05) is 5.16 Å². The molecule has 6 rings (SSSR count). The zero-order valence-corrected chi connectivity index (χ0v) is 23.8. The van der Waals surface area contributed by atoms with E-state index in [1.54, 1.807) is 16.8 Å². The molecule has 0 radical (unpaired) electrons. The third-order valence-electron chi connectivity index (χ3n) is 8.22. The summed E-state index contributed by atoms with van der Waals surface area (Å²) >= 11 is 0. The minimum absolute atomic E-state index is 0. The third kappa shape index (κ3) is 5.88. The smallest absolute Gasteiger partial charge is 0.324 e. The Morgan fingerprint density at radius 2 is 1.74 bits per heavy atom. The second kappa shape index (κ2) is 12.4. The number of anilines is 2. The van der Waals surface area contributed by atoms with Crippen LogP contribution in [0.15, 0.2) is 29.0 Å². The highest BCUT2D eigenvalue weighted by Crippen LogP contribution is 2.32. The topological polar surface area (TPSA) is 127 Å². The molecule has 0 bridgehead atoms. The Balaban J connectivity index is 0.00000353. The molecule has 3 atom stereocenters. The molecule has 2 N–H and O–H groups in total. The van der Waals surface area contributed by atoms with Crippen molar-refractivity contribution in [2.45, 2.75) is 49.8 Å². The van der Waals surface area contributed by atoms with Gasteiger partial charge in [-0.25, -0.2) is 23.1 Å². The monoisotopic (exact) mass is 608 g/mol. The van der Waals surface area contributed by atoms with E-state index in [1.165, 1.54) is 12.4 Å². The van der Waals surface area contributed by atoms with E-state index in [4.69, 9.17) is 15.0 Å². The van der Waals surface area contributed by atoms with Gasteiger partial charge in [-0.05, 0) is 37.3 Å². The molecule has 42 heavy (non-hydrogen) atoms. The van der Waals surface area contributed by atoms with E-state index in [9.17, 15) is 18.0 Å². The average molecular weight is 609 g/mol. The number of halogens is 4. The van der Waals surface area contributed by atoms with Gasteiger partial charge in [0.25, 0.3) is 5.91 Å². The van der Waals surface area contributed by atoms with E-state index in [0.29, 0.717) is 55.7 Å². The minimum Gasteiger partial charge on any atom is -0.370 e. The van der Waals surface area contributed by atoms with Crippen LogP contribution in [0.25, 0.3) is 0 Å². The van der Waals surface area contributed by atoms with Crippen molar-refractivity contribution in [3.63, 3.8) is 0 Å².